The normalized spacial score (nSPS) is 17.4. The van der Waals surface area contributed by atoms with Crippen molar-refractivity contribution >= 4 is 13.5 Å². The van der Waals surface area contributed by atoms with Gasteiger partial charge in [0.2, 0.25) is 5.91 Å². The molecular formula is C10H22NO5P. The highest BCUT2D eigenvalue weighted by atomic mass is 31.2. The van der Waals surface area contributed by atoms with E-state index < -0.39 is 18.9 Å². The van der Waals surface area contributed by atoms with Gasteiger partial charge < -0.3 is 19.1 Å². The van der Waals surface area contributed by atoms with Gasteiger partial charge in [0.25, 0.3) is 0 Å². The van der Waals surface area contributed by atoms with E-state index in [1.54, 1.807) is 21.0 Å². The van der Waals surface area contributed by atoms with Crippen LogP contribution in [-0.4, -0.2) is 49.6 Å². The molecule has 0 unspecified atom stereocenters. The topological polar surface area (TPSA) is 76.1 Å². The van der Waals surface area contributed by atoms with E-state index in [9.17, 15) is 14.5 Å². The van der Waals surface area contributed by atoms with Crippen molar-refractivity contribution in [1.29, 1.82) is 0 Å². The number of hydrogen-bond donors (Lipinski definition) is 1. The Morgan fingerprint density at radius 1 is 1.41 bits per heavy atom. The van der Waals surface area contributed by atoms with Crippen molar-refractivity contribution in [3.63, 3.8) is 0 Å². The van der Waals surface area contributed by atoms with Gasteiger partial charge in [-0.15, -0.1) is 0 Å². The lowest BCUT2D eigenvalue weighted by atomic mass is 9.98. The molecular weight excluding hydrogens is 245 g/mol. The first-order valence-corrected chi connectivity index (χ1v) is 6.87. The highest BCUT2D eigenvalue weighted by molar-refractivity contribution is 7.55. The maximum Gasteiger partial charge on any atom is 0.361 e. The average molecular weight is 267 g/mol. The van der Waals surface area contributed by atoms with Crippen LogP contribution in [0.15, 0.2) is 0 Å². The van der Waals surface area contributed by atoms with Gasteiger partial charge in [0.05, 0.1) is 5.92 Å². The Kier molecular flexibility index (Phi) is 5.81. The molecule has 0 aliphatic carbocycles. The van der Waals surface area contributed by atoms with Gasteiger partial charge in [-0.2, -0.15) is 0 Å². The van der Waals surface area contributed by atoms with Gasteiger partial charge in [0, 0.05) is 28.3 Å². The van der Waals surface area contributed by atoms with Crippen molar-refractivity contribution in [3.05, 3.63) is 0 Å². The fraction of sp³-hybridized carbons (Fsp3) is 0.900. The van der Waals surface area contributed by atoms with E-state index in [0.29, 0.717) is 6.42 Å². The van der Waals surface area contributed by atoms with E-state index in [2.05, 4.69) is 0 Å². The van der Waals surface area contributed by atoms with Crippen molar-refractivity contribution in [2.24, 2.45) is 5.92 Å². The van der Waals surface area contributed by atoms with Crippen LogP contribution in [0, 0.1) is 5.92 Å². The summed E-state index contributed by atoms with van der Waals surface area (Å²) in [5.74, 6) is -1.16. The van der Waals surface area contributed by atoms with E-state index in [4.69, 9.17) is 9.05 Å². The Balaban J connectivity index is 5.39. The lowest BCUT2D eigenvalue weighted by molar-refractivity contribution is -0.138. The van der Waals surface area contributed by atoms with Crippen molar-refractivity contribution in [1.82, 2.24) is 4.90 Å². The van der Waals surface area contributed by atoms with Gasteiger partial charge in [-0.3, -0.25) is 9.36 Å². The second kappa shape index (κ2) is 5.96. The Bertz CT molecular complexity index is 308. The molecule has 0 aromatic heterocycles. The molecule has 2 atom stereocenters. The molecule has 1 N–H and O–H groups in total. The first-order chi connectivity index (χ1) is 7.67. The lowest BCUT2D eigenvalue weighted by Gasteiger charge is -2.36. The minimum absolute atomic E-state index is 0.313. The van der Waals surface area contributed by atoms with Crippen molar-refractivity contribution < 1.29 is 23.5 Å². The van der Waals surface area contributed by atoms with E-state index in [1.165, 1.54) is 26.0 Å². The molecule has 0 aliphatic rings. The van der Waals surface area contributed by atoms with Crippen LogP contribution < -0.4 is 0 Å². The fourth-order valence-corrected chi connectivity index (χ4v) is 3.31. The zero-order valence-corrected chi connectivity index (χ0v) is 12.2. The largest absolute Gasteiger partial charge is 0.377 e. The maximum absolute atomic E-state index is 12.2. The Morgan fingerprint density at radius 3 is 2.06 bits per heavy atom. The standard InChI is InChI=1S/C10H22NO5P/c1-7-8(9(12)11(3)4)10(2,13)17(14,15-5)16-6/h8,13H,7H2,1-6H3/t8-,10+/m1/s1. The summed E-state index contributed by atoms with van der Waals surface area (Å²) in [5.41, 5.74) is 0. The number of nitrogens with zero attached hydrogens (tertiary/aromatic N) is 1. The number of rotatable bonds is 6. The molecule has 0 heterocycles. The first-order valence-electron chi connectivity index (χ1n) is 5.33. The summed E-state index contributed by atoms with van der Waals surface area (Å²) < 4.78 is 21.8. The second-order valence-electron chi connectivity index (χ2n) is 4.15. The first kappa shape index (κ1) is 16.6. The number of amides is 1. The second-order valence-corrected chi connectivity index (χ2v) is 6.78. The Hall–Kier alpha value is -0.420. The van der Waals surface area contributed by atoms with Gasteiger partial charge in [-0.05, 0) is 13.3 Å². The molecule has 1 amide bonds. The molecule has 0 radical (unpaired) electrons. The molecule has 7 heteroatoms. The summed E-state index contributed by atoms with van der Waals surface area (Å²) in [6.45, 7) is 3.03. The summed E-state index contributed by atoms with van der Waals surface area (Å²) in [6, 6.07) is 0. The predicted octanol–water partition coefficient (Wildman–Crippen LogP) is 1.30. The number of carbonyl (C=O) groups excluding carboxylic acids is 1. The molecule has 0 aromatic carbocycles. The molecule has 0 fully saturated rings. The van der Waals surface area contributed by atoms with E-state index in [1.807, 2.05) is 0 Å². The minimum atomic E-state index is -3.74. The van der Waals surface area contributed by atoms with Gasteiger partial charge >= 0.3 is 7.60 Å². The molecule has 0 saturated heterocycles. The quantitative estimate of drug-likeness (QED) is 0.734. The van der Waals surface area contributed by atoms with Crippen LogP contribution in [-0.2, 0) is 18.4 Å². The number of hydrogen-bond acceptors (Lipinski definition) is 5. The van der Waals surface area contributed by atoms with E-state index in [-0.39, 0.29) is 5.91 Å². The summed E-state index contributed by atoms with van der Waals surface area (Å²) in [5, 5.41) is 8.50. The summed E-state index contributed by atoms with van der Waals surface area (Å²) in [6.07, 6.45) is 0.334. The van der Waals surface area contributed by atoms with Crippen LogP contribution in [0.5, 0.6) is 0 Å². The molecule has 0 bridgehead atoms. The summed E-state index contributed by atoms with van der Waals surface area (Å²) in [4.78, 5) is 13.3. The zero-order valence-electron chi connectivity index (χ0n) is 11.3. The van der Waals surface area contributed by atoms with Crippen molar-refractivity contribution in [2.45, 2.75) is 25.6 Å². The lowest BCUT2D eigenvalue weighted by Crippen LogP contribution is -2.44. The third-order valence-electron chi connectivity index (χ3n) is 2.84. The Labute approximate surface area is 102 Å². The van der Waals surface area contributed by atoms with Crippen LogP contribution in [0.1, 0.15) is 20.3 Å². The van der Waals surface area contributed by atoms with Crippen molar-refractivity contribution in [2.75, 3.05) is 28.3 Å². The monoisotopic (exact) mass is 267 g/mol. The van der Waals surface area contributed by atoms with Crippen LogP contribution in [0.25, 0.3) is 0 Å². The van der Waals surface area contributed by atoms with Gasteiger partial charge in [-0.25, -0.2) is 0 Å². The average Bonchev–Trinajstić information content (AvgIpc) is 2.27. The van der Waals surface area contributed by atoms with Gasteiger partial charge in [0.15, 0.2) is 5.34 Å². The maximum atomic E-state index is 12.2. The smallest absolute Gasteiger partial charge is 0.361 e. The Morgan fingerprint density at radius 2 is 1.82 bits per heavy atom. The van der Waals surface area contributed by atoms with Crippen LogP contribution >= 0.6 is 7.60 Å². The third kappa shape index (κ3) is 3.07. The molecule has 0 saturated carbocycles. The molecule has 102 valence electrons. The molecule has 17 heavy (non-hydrogen) atoms. The summed E-state index contributed by atoms with van der Waals surface area (Å²) in [7, 11) is 1.78. The molecule has 0 spiro atoms. The van der Waals surface area contributed by atoms with Gasteiger partial charge in [0.1, 0.15) is 0 Å². The zero-order chi connectivity index (χ0) is 13.9. The molecule has 0 aliphatic heterocycles. The number of aliphatic hydroxyl groups is 1. The van der Waals surface area contributed by atoms with Crippen molar-refractivity contribution in [3.8, 4) is 0 Å². The highest BCUT2D eigenvalue weighted by Gasteiger charge is 2.52. The summed E-state index contributed by atoms with van der Waals surface area (Å²) >= 11 is 0. The molecule has 0 rings (SSSR count). The predicted molar refractivity (Wildman–Crippen MR) is 64.7 cm³/mol. The van der Waals surface area contributed by atoms with Gasteiger partial charge in [-0.1, -0.05) is 6.92 Å². The van der Waals surface area contributed by atoms with Crippen LogP contribution in [0.4, 0.5) is 0 Å². The third-order valence-corrected chi connectivity index (χ3v) is 5.22. The SMILES string of the molecule is CC[C@H](C(=O)N(C)C)[C@@](C)(O)P(=O)(OC)OC. The van der Waals surface area contributed by atoms with E-state index >= 15 is 0 Å². The molecule has 6 nitrogen and oxygen atoms in total. The highest BCUT2D eigenvalue weighted by Crippen LogP contribution is 2.61. The van der Waals surface area contributed by atoms with Crippen LogP contribution in [0.2, 0.25) is 0 Å². The van der Waals surface area contributed by atoms with Crippen LogP contribution in [0.3, 0.4) is 0 Å². The number of carbonyl (C=O) groups is 1. The molecule has 0 aromatic rings. The minimum Gasteiger partial charge on any atom is -0.377 e. The fourth-order valence-electron chi connectivity index (χ4n) is 1.74. The van der Waals surface area contributed by atoms with E-state index in [0.717, 1.165) is 0 Å².